The highest BCUT2D eigenvalue weighted by molar-refractivity contribution is 7.80. The van der Waals surface area contributed by atoms with Crippen LogP contribution in [0.15, 0.2) is 60.0 Å². The van der Waals surface area contributed by atoms with Crippen molar-refractivity contribution < 1.29 is 9.59 Å². The predicted molar refractivity (Wildman–Crippen MR) is 139 cm³/mol. The number of thiocarbonyl (C=S) groups is 1. The summed E-state index contributed by atoms with van der Waals surface area (Å²) < 4.78 is 0. The summed E-state index contributed by atoms with van der Waals surface area (Å²) in [6.07, 6.45) is 0. The third-order valence-electron chi connectivity index (χ3n) is 5.16. The van der Waals surface area contributed by atoms with Gasteiger partial charge in [-0.3, -0.25) is 14.9 Å². The van der Waals surface area contributed by atoms with E-state index in [1.807, 2.05) is 34.5 Å². The van der Waals surface area contributed by atoms with Gasteiger partial charge in [0.2, 0.25) is 0 Å². The molecule has 170 valence electrons. The van der Waals surface area contributed by atoms with Gasteiger partial charge in [0.05, 0.1) is 15.6 Å². The molecule has 6 nitrogen and oxygen atoms in total. The lowest BCUT2D eigenvalue weighted by Gasteiger charge is -2.36. The van der Waals surface area contributed by atoms with Crippen molar-refractivity contribution in [1.82, 2.24) is 10.2 Å². The fraction of sp³-hybridized carbons (Fsp3) is 0.174. The zero-order valence-electron chi connectivity index (χ0n) is 17.4. The molecule has 1 fully saturated rings. The van der Waals surface area contributed by atoms with Crippen molar-refractivity contribution in [3.63, 3.8) is 0 Å². The number of thiophene rings is 1. The van der Waals surface area contributed by atoms with Crippen molar-refractivity contribution in [2.24, 2.45) is 0 Å². The first-order chi connectivity index (χ1) is 15.9. The first-order valence-electron chi connectivity index (χ1n) is 10.2. The highest BCUT2D eigenvalue weighted by Crippen LogP contribution is 2.30. The van der Waals surface area contributed by atoms with Crippen molar-refractivity contribution in [3.8, 4) is 0 Å². The summed E-state index contributed by atoms with van der Waals surface area (Å²) in [7, 11) is 0. The van der Waals surface area contributed by atoms with Crippen LogP contribution in [0.2, 0.25) is 10.0 Å². The number of benzene rings is 2. The standard InChI is InChI=1S/C23H20Cl2N4O2S2/c24-16-4-1-3-15(13-16)21(30)27-23(32)26-17-6-7-19(18(25)14-17)28-8-10-29(11-9-28)22(31)20-5-2-12-33-20/h1-7,12-14H,8-11H2,(H2,26,27,30,32). The zero-order chi connectivity index (χ0) is 23.4. The Labute approximate surface area is 211 Å². The van der Waals surface area contributed by atoms with Crippen molar-refractivity contribution in [3.05, 3.63) is 80.5 Å². The Morgan fingerprint density at radius 1 is 0.970 bits per heavy atom. The third-order valence-corrected chi connectivity index (χ3v) is 6.76. The molecule has 3 aromatic rings. The number of rotatable bonds is 4. The van der Waals surface area contributed by atoms with E-state index in [2.05, 4.69) is 15.5 Å². The number of nitrogens with one attached hydrogen (secondary N) is 2. The number of carbonyl (C=O) groups excluding carboxylic acids is 2. The van der Waals surface area contributed by atoms with Gasteiger partial charge in [0.1, 0.15) is 0 Å². The summed E-state index contributed by atoms with van der Waals surface area (Å²) in [5.41, 5.74) is 1.96. The lowest BCUT2D eigenvalue weighted by Crippen LogP contribution is -2.48. The van der Waals surface area contributed by atoms with E-state index >= 15 is 0 Å². The lowest BCUT2D eigenvalue weighted by atomic mass is 10.2. The molecule has 0 atom stereocenters. The number of anilines is 2. The first-order valence-corrected chi connectivity index (χ1v) is 12.2. The zero-order valence-corrected chi connectivity index (χ0v) is 20.5. The van der Waals surface area contributed by atoms with Crippen LogP contribution in [0.5, 0.6) is 0 Å². The van der Waals surface area contributed by atoms with Crippen LogP contribution in [0.25, 0.3) is 0 Å². The van der Waals surface area contributed by atoms with E-state index < -0.39 is 0 Å². The molecule has 2 amide bonds. The number of halogens is 2. The minimum absolute atomic E-state index is 0.0728. The van der Waals surface area contributed by atoms with Crippen LogP contribution < -0.4 is 15.5 Å². The topological polar surface area (TPSA) is 64.7 Å². The predicted octanol–water partition coefficient (Wildman–Crippen LogP) is 5.14. The molecule has 2 heterocycles. The monoisotopic (exact) mass is 518 g/mol. The molecule has 2 N–H and O–H groups in total. The summed E-state index contributed by atoms with van der Waals surface area (Å²) in [6, 6.07) is 15.9. The third kappa shape index (κ3) is 5.83. The Morgan fingerprint density at radius 3 is 2.42 bits per heavy atom. The minimum Gasteiger partial charge on any atom is -0.367 e. The molecule has 1 aliphatic heterocycles. The molecule has 2 aromatic carbocycles. The first kappa shape index (κ1) is 23.5. The fourth-order valence-electron chi connectivity index (χ4n) is 3.51. The van der Waals surface area contributed by atoms with Crippen LogP contribution in [0.3, 0.4) is 0 Å². The van der Waals surface area contributed by atoms with Crippen LogP contribution in [-0.4, -0.2) is 48.0 Å². The average molecular weight is 519 g/mol. The summed E-state index contributed by atoms with van der Waals surface area (Å²) in [5.74, 6) is -0.281. The van der Waals surface area contributed by atoms with Crippen LogP contribution in [-0.2, 0) is 0 Å². The molecule has 0 unspecified atom stereocenters. The van der Waals surface area contributed by atoms with Crippen molar-refractivity contribution in [1.29, 1.82) is 0 Å². The second-order valence-electron chi connectivity index (χ2n) is 7.34. The van der Waals surface area contributed by atoms with Gasteiger partial charge in [-0.15, -0.1) is 11.3 Å². The van der Waals surface area contributed by atoms with Crippen LogP contribution in [0, 0.1) is 0 Å². The maximum atomic E-state index is 12.5. The molecule has 0 bridgehead atoms. The molecule has 0 aliphatic carbocycles. The van der Waals surface area contributed by atoms with Crippen molar-refractivity contribution >= 4 is 75.1 Å². The van der Waals surface area contributed by atoms with Gasteiger partial charge in [-0.25, -0.2) is 0 Å². The number of carbonyl (C=O) groups is 2. The van der Waals surface area contributed by atoms with Gasteiger partial charge in [0.15, 0.2) is 5.11 Å². The summed E-state index contributed by atoms with van der Waals surface area (Å²) >= 11 is 19.2. The van der Waals surface area contributed by atoms with Crippen LogP contribution in [0.1, 0.15) is 20.0 Å². The maximum Gasteiger partial charge on any atom is 0.264 e. The number of nitrogens with zero attached hydrogens (tertiary/aromatic N) is 2. The second-order valence-corrected chi connectivity index (χ2v) is 9.54. The van der Waals surface area contributed by atoms with Gasteiger partial charge in [-0.1, -0.05) is 35.3 Å². The van der Waals surface area contributed by atoms with E-state index in [9.17, 15) is 9.59 Å². The maximum absolute atomic E-state index is 12.5. The molecule has 1 saturated heterocycles. The van der Waals surface area contributed by atoms with Crippen molar-refractivity contribution in [2.75, 3.05) is 36.4 Å². The Bertz CT molecular complexity index is 1180. The lowest BCUT2D eigenvalue weighted by molar-refractivity contribution is 0.0751. The quantitative estimate of drug-likeness (QED) is 0.468. The number of amides is 2. The Morgan fingerprint density at radius 2 is 1.76 bits per heavy atom. The van der Waals surface area contributed by atoms with Gasteiger partial charge >= 0.3 is 0 Å². The SMILES string of the molecule is O=C(NC(=S)Nc1ccc(N2CCN(C(=O)c3cccs3)CC2)c(Cl)c1)c1cccc(Cl)c1. The van der Waals surface area contributed by atoms with Gasteiger partial charge in [0, 0.05) is 42.5 Å². The van der Waals surface area contributed by atoms with E-state index in [-0.39, 0.29) is 16.9 Å². The molecule has 1 aliphatic rings. The molecule has 0 radical (unpaired) electrons. The van der Waals surface area contributed by atoms with Gasteiger partial charge in [-0.05, 0) is 60.1 Å². The van der Waals surface area contributed by atoms with Gasteiger partial charge in [0.25, 0.3) is 11.8 Å². The molecular weight excluding hydrogens is 499 g/mol. The second kappa shape index (κ2) is 10.5. The van der Waals surface area contributed by atoms with E-state index in [4.69, 9.17) is 35.4 Å². The smallest absolute Gasteiger partial charge is 0.264 e. The van der Waals surface area contributed by atoms with Gasteiger partial charge < -0.3 is 15.1 Å². The van der Waals surface area contributed by atoms with E-state index in [1.165, 1.54) is 11.3 Å². The largest absolute Gasteiger partial charge is 0.367 e. The number of hydrogen-bond donors (Lipinski definition) is 2. The molecule has 10 heteroatoms. The summed E-state index contributed by atoms with van der Waals surface area (Å²) in [5, 5.41) is 8.70. The highest BCUT2D eigenvalue weighted by Gasteiger charge is 2.24. The average Bonchev–Trinajstić information content (AvgIpc) is 3.34. The molecule has 0 saturated carbocycles. The fourth-order valence-corrected chi connectivity index (χ4v) is 4.91. The summed E-state index contributed by atoms with van der Waals surface area (Å²) in [4.78, 5) is 29.6. The summed E-state index contributed by atoms with van der Waals surface area (Å²) in [6.45, 7) is 2.65. The Kier molecular flexibility index (Phi) is 7.49. The molecule has 1 aromatic heterocycles. The number of hydrogen-bond acceptors (Lipinski definition) is 5. The van der Waals surface area contributed by atoms with Crippen molar-refractivity contribution in [2.45, 2.75) is 0 Å². The number of piperazine rings is 1. The molecular formula is C23H20Cl2N4O2S2. The van der Waals surface area contributed by atoms with E-state index in [0.29, 0.717) is 47.5 Å². The van der Waals surface area contributed by atoms with E-state index in [0.717, 1.165) is 10.6 Å². The Balaban J connectivity index is 1.33. The van der Waals surface area contributed by atoms with E-state index in [1.54, 1.807) is 30.3 Å². The molecule has 33 heavy (non-hydrogen) atoms. The highest BCUT2D eigenvalue weighted by atomic mass is 35.5. The van der Waals surface area contributed by atoms with Crippen LogP contribution in [0.4, 0.5) is 11.4 Å². The Hall–Kier alpha value is -2.65. The molecule has 0 spiro atoms. The van der Waals surface area contributed by atoms with Crippen LogP contribution >= 0.6 is 46.8 Å². The normalized spacial score (nSPS) is 13.5. The van der Waals surface area contributed by atoms with Gasteiger partial charge in [-0.2, -0.15) is 0 Å². The molecule has 4 rings (SSSR count). The minimum atomic E-state index is -0.354.